The van der Waals surface area contributed by atoms with Crippen LogP contribution in [0.15, 0.2) is 28.8 Å². The monoisotopic (exact) mass is 327 g/mol. The molecule has 2 aliphatic heterocycles. The average Bonchev–Trinajstić information content (AvgIpc) is 3.13. The van der Waals surface area contributed by atoms with Gasteiger partial charge < -0.3 is 19.8 Å². The van der Waals surface area contributed by atoms with Gasteiger partial charge in [-0.05, 0) is 17.7 Å². The number of carboxylic acids is 1. The molecule has 4 rings (SSSR count). The number of aromatic carboxylic acids is 1. The molecular formula is C16H13N3O5. The molecule has 2 aliphatic rings. The predicted octanol–water partition coefficient (Wildman–Crippen LogP) is 0.856. The number of benzene rings is 1. The zero-order valence-electron chi connectivity index (χ0n) is 12.5. The van der Waals surface area contributed by atoms with Crippen molar-refractivity contribution in [3.8, 4) is 0 Å². The summed E-state index contributed by atoms with van der Waals surface area (Å²) in [6, 6.07) is 6.51. The summed E-state index contributed by atoms with van der Waals surface area (Å²) in [6.45, 7) is 1.24. The van der Waals surface area contributed by atoms with Crippen molar-refractivity contribution in [1.82, 2.24) is 15.4 Å². The highest BCUT2D eigenvalue weighted by atomic mass is 16.5. The lowest BCUT2D eigenvalue weighted by Crippen LogP contribution is -2.48. The van der Waals surface area contributed by atoms with Crippen LogP contribution in [0.25, 0.3) is 0 Å². The van der Waals surface area contributed by atoms with Crippen LogP contribution >= 0.6 is 0 Å². The summed E-state index contributed by atoms with van der Waals surface area (Å²) in [5.74, 6) is -1.72. The molecule has 122 valence electrons. The van der Waals surface area contributed by atoms with Crippen LogP contribution in [-0.2, 0) is 6.54 Å². The van der Waals surface area contributed by atoms with Crippen molar-refractivity contribution in [2.75, 3.05) is 13.1 Å². The van der Waals surface area contributed by atoms with Gasteiger partial charge in [-0.1, -0.05) is 11.2 Å². The van der Waals surface area contributed by atoms with E-state index in [0.29, 0.717) is 36.5 Å². The molecule has 0 radical (unpaired) electrons. The fourth-order valence-corrected chi connectivity index (χ4v) is 3.04. The van der Waals surface area contributed by atoms with E-state index < -0.39 is 5.97 Å². The number of likely N-dealkylation sites (tertiary alicyclic amines) is 1. The number of rotatable bonds is 3. The molecule has 3 heterocycles. The highest BCUT2D eigenvalue weighted by molar-refractivity contribution is 6.04. The lowest BCUT2D eigenvalue weighted by Gasteiger charge is -2.38. The van der Waals surface area contributed by atoms with E-state index in [-0.39, 0.29) is 23.5 Å². The number of nitrogens with one attached hydrogen (secondary N) is 1. The molecule has 8 nitrogen and oxygen atoms in total. The second-order valence-corrected chi connectivity index (χ2v) is 5.84. The molecule has 0 saturated carbocycles. The maximum absolute atomic E-state index is 12.6. The number of amides is 2. The standard InChI is InChI=1S/C16H13N3O5/c20-14-9-2-1-3-10(11(9)5-17-14)15(21)19-6-8(7-19)12-4-13(16(22)23)24-18-12/h1-4,8H,5-7H2,(H,17,20)(H,22,23). The van der Waals surface area contributed by atoms with Gasteiger partial charge in [0.05, 0.1) is 5.69 Å². The minimum atomic E-state index is -1.17. The SMILES string of the molecule is O=C(O)c1cc(C2CN(C(=O)c3cccc4c3CNC4=O)C2)no1. The molecule has 0 atom stereocenters. The Morgan fingerprint density at radius 2 is 2.12 bits per heavy atom. The largest absolute Gasteiger partial charge is 0.475 e. The Morgan fingerprint density at radius 3 is 2.83 bits per heavy atom. The maximum atomic E-state index is 12.6. The van der Waals surface area contributed by atoms with Gasteiger partial charge in [0, 0.05) is 42.7 Å². The van der Waals surface area contributed by atoms with E-state index in [1.807, 2.05) is 0 Å². The van der Waals surface area contributed by atoms with Crippen molar-refractivity contribution < 1.29 is 24.0 Å². The van der Waals surface area contributed by atoms with Crippen molar-refractivity contribution in [2.45, 2.75) is 12.5 Å². The van der Waals surface area contributed by atoms with Gasteiger partial charge in [0.15, 0.2) is 0 Å². The molecule has 0 spiro atoms. The second kappa shape index (κ2) is 5.19. The van der Waals surface area contributed by atoms with Gasteiger partial charge in [0.1, 0.15) is 0 Å². The summed E-state index contributed by atoms with van der Waals surface area (Å²) < 4.78 is 4.74. The number of nitrogens with zero attached hydrogens (tertiary/aromatic N) is 2. The fraction of sp³-hybridized carbons (Fsp3) is 0.250. The molecule has 0 unspecified atom stereocenters. The van der Waals surface area contributed by atoms with Gasteiger partial charge in [0.25, 0.3) is 11.8 Å². The van der Waals surface area contributed by atoms with Gasteiger partial charge in [-0.2, -0.15) is 0 Å². The Morgan fingerprint density at radius 1 is 1.33 bits per heavy atom. The highest BCUT2D eigenvalue weighted by Gasteiger charge is 2.36. The van der Waals surface area contributed by atoms with Gasteiger partial charge in [-0.3, -0.25) is 9.59 Å². The number of carbonyl (C=O) groups is 3. The summed E-state index contributed by atoms with van der Waals surface area (Å²) >= 11 is 0. The normalized spacial score (nSPS) is 16.5. The van der Waals surface area contributed by atoms with E-state index in [2.05, 4.69) is 10.5 Å². The summed E-state index contributed by atoms with van der Waals surface area (Å²) in [6.07, 6.45) is 0. The first kappa shape index (κ1) is 14.4. The molecular weight excluding hydrogens is 314 g/mol. The van der Waals surface area contributed by atoms with Crippen molar-refractivity contribution in [3.63, 3.8) is 0 Å². The lowest BCUT2D eigenvalue weighted by molar-refractivity contribution is 0.0594. The van der Waals surface area contributed by atoms with E-state index in [0.717, 1.165) is 5.56 Å². The molecule has 1 saturated heterocycles. The van der Waals surface area contributed by atoms with Crippen LogP contribution in [0.2, 0.25) is 0 Å². The Bertz CT molecular complexity index is 866. The topological polar surface area (TPSA) is 113 Å². The number of fused-ring (bicyclic) bond motifs is 1. The third kappa shape index (κ3) is 2.15. The van der Waals surface area contributed by atoms with Crippen molar-refractivity contribution >= 4 is 17.8 Å². The Kier molecular flexibility index (Phi) is 3.12. The number of hydrogen-bond acceptors (Lipinski definition) is 5. The lowest BCUT2D eigenvalue weighted by atomic mass is 9.93. The van der Waals surface area contributed by atoms with E-state index >= 15 is 0 Å². The Hall–Kier alpha value is -3.16. The number of aromatic nitrogens is 1. The smallest absolute Gasteiger partial charge is 0.374 e. The molecule has 2 amide bonds. The molecule has 1 aromatic carbocycles. The first-order chi connectivity index (χ1) is 11.5. The molecule has 0 bridgehead atoms. The summed E-state index contributed by atoms with van der Waals surface area (Å²) in [5.41, 5.74) is 2.33. The number of hydrogen-bond donors (Lipinski definition) is 2. The first-order valence-corrected chi connectivity index (χ1v) is 7.44. The number of carboxylic acid groups (broad SMARTS) is 1. The minimum absolute atomic E-state index is 0.0395. The van der Waals surface area contributed by atoms with Crippen molar-refractivity contribution in [1.29, 1.82) is 0 Å². The summed E-state index contributed by atoms with van der Waals surface area (Å²) in [5, 5.41) is 15.3. The molecule has 1 fully saturated rings. The van der Waals surface area contributed by atoms with Crippen LogP contribution in [0.3, 0.4) is 0 Å². The van der Waals surface area contributed by atoms with Crippen molar-refractivity contribution in [2.24, 2.45) is 0 Å². The third-order valence-electron chi connectivity index (χ3n) is 4.40. The molecule has 2 aromatic rings. The van der Waals surface area contributed by atoms with E-state index in [1.165, 1.54) is 6.07 Å². The van der Waals surface area contributed by atoms with Gasteiger partial charge in [-0.15, -0.1) is 0 Å². The van der Waals surface area contributed by atoms with E-state index in [1.54, 1.807) is 23.1 Å². The summed E-state index contributed by atoms with van der Waals surface area (Å²) in [4.78, 5) is 36.8. The average molecular weight is 327 g/mol. The van der Waals surface area contributed by atoms with Crippen LogP contribution in [-0.4, -0.2) is 46.0 Å². The predicted molar refractivity (Wildman–Crippen MR) is 79.7 cm³/mol. The van der Waals surface area contributed by atoms with E-state index in [4.69, 9.17) is 9.63 Å². The summed E-state index contributed by atoms with van der Waals surface area (Å²) in [7, 11) is 0. The fourth-order valence-electron chi connectivity index (χ4n) is 3.04. The maximum Gasteiger partial charge on any atom is 0.374 e. The van der Waals surface area contributed by atoms with Crippen LogP contribution in [0.5, 0.6) is 0 Å². The van der Waals surface area contributed by atoms with Gasteiger partial charge >= 0.3 is 5.97 Å². The first-order valence-electron chi connectivity index (χ1n) is 7.44. The molecule has 1 aromatic heterocycles. The van der Waals surface area contributed by atoms with E-state index in [9.17, 15) is 14.4 Å². The zero-order valence-corrected chi connectivity index (χ0v) is 12.5. The highest BCUT2D eigenvalue weighted by Crippen LogP contribution is 2.30. The quantitative estimate of drug-likeness (QED) is 0.864. The third-order valence-corrected chi connectivity index (χ3v) is 4.40. The van der Waals surface area contributed by atoms with Crippen LogP contribution in [0.1, 0.15) is 48.4 Å². The Labute approximate surface area is 136 Å². The Balaban J connectivity index is 1.48. The zero-order chi connectivity index (χ0) is 16.8. The molecule has 0 aliphatic carbocycles. The molecule has 24 heavy (non-hydrogen) atoms. The number of carbonyl (C=O) groups excluding carboxylic acids is 2. The minimum Gasteiger partial charge on any atom is -0.475 e. The van der Waals surface area contributed by atoms with Crippen LogP contribution in [0.4, 0.5) is 0 Å². The second-order valence-electron chi connectivity index (χ2n) is 5.84. The van der Waals surface area contributed by atoms with Crippen molar-refractivity contribution in [3.05, 3.63) is 52.4 Å². The van der Waals surface area contributed by atoms with Gasteiger partial charge in [-0.25, -0.2) is 4.79 Å². The van der Waals surface area contributed by atoms with Crippen LogP contribution in [0, 0.1) is 0 Å². The van der Waals surface area contributed by atoms with Crippen LogP contribution < -0.4 is 5.32 Å². The molecule has 2 N–H and O–H groups in total. The van der Waals surface area contributed by atoms with Gasteiger partial charge in [0.2, 0.25) is 5.76 Å². The molecule has 8 heteroatoms.